The maximum absolute atomic E-state index is 10.8. The highest BCUT2D eigenvalue weighted by Gasteiger charge is 2.05. The zero-order valence-corrected chi connectivity index (χ0v) is 7.56. The smallest absolute Gasteiger partial charge is 0.264 e. The molecule has 2 heterocycles. The van der Waals surface area contributed by atoms with Crippen molar-refractivity contribution in [2.75, 3.05) is 5.73 Å². The van der Waals surface area contributed by atoms with Gasteiger partial charge < -0.3 is 5.73 Å². The van der Waals surface area contributed by atoms with E-state index in [0.717, 1.165) is 0 Å². The minimum atomic E-state index is -0.238. The number of aromatic nitrogens is 4. The lowest BCUT2D eigenvalue weighted by atomic mass is 10.3. The van der Waals surface area contributed by atoms with Gasteiger partial charge in [0.2, 0.25) is 0 Å². The van der Waals surface area contributed by atoms with E-state index in [9.17, 15) is 4.79 Å². The summed E-state index contributed by atoms with van der Waals surface area (Å²) in [5.41, 5.74) is 6.60. The Bertz CT molecular complexity index is 473. The lowest BCUT2D eigenvalue weighted by Crippen LogP contribution is -2.05. The van der Waals surface area contributed by atoms with Gasteiger partial charge in [0.15, 0.2) is 0 Å². The van der Waals surface area contributed by atoms with Crippen LogP contribution >= 0.6 is 0 Å². The van der Waals surface area contributed by atoms with Crippen LogP contribution in [0.2, 0.25) is 0 Å². The lowest BCUT2D eigenvalue weighted by Gasteiger charge is -1.92. The van der Waals surface area contributed by atoms with Crippen molar-refractivity contribution in [1.29, 1.82) is 0 Å². The number of nitrogens with zero attached hydrogens (tertiary/aromatic N) is 3. The molecule has 0 saturated heterocycles. The summed E-state index contributed by atoms with van der Waals surface area (Å²) < 4.78 is 1.54. The molecule has 3 N–H and O–H groups in total. The van der Waals surface area contributed by atoms with Gasteiger partial charge in [0, 0.05) is 19.2 Å². The largest absolute Gasteiger partial charge is 0.384 e. The van der Waals surface area contributed by atoms with Gasteiger partial charge in [0.1, 0.15) is 17.2 Å². The van der Waals surface area contributed by atoms with Crippen LogP contribution in [0.15, 0.2) is 23.0 Å². The summed E-state index contributed by atoms with van der Waals surface area (Å²) in [6.07, 6.45) is 0. The van der Waals surface area contributed by atoms with Crippen LogP contribution in [-0.2, 0) is 7.05 Å². The number of nitrogen functional groups attached to an aromatic ring is 1. The number of anilines is 1. The third-order valence-electron chi connectivity index (χ3n) is 1.86. The fourth-order valence-electron chi connectivity index (χ4n) is 1.09. The first kappa shape index (κ1) is 8.49. The lowest BCUT2D eigenvalue weighted by molar-refractivity contribution is 0.780. The second-order valence-corrected chi connectivity index (χ2v) is 2.88. The van der Waals surface area contributed by atoms with Gasteiger partial charge in [-0.1, -0.05) is 0 Å². The van der Waals surface area contributed by atoms with Crippen molar-refractivity contribution in [1.82, 2.24) is 20.0 Å². The van der Waals surface area contributed by atoms with Gasteiger partial charge in [-0.15, -0.1) is 0 Å². The quantitative estimate of drug-likeness (QED) is 0.650. The Labute approximate surface area is 79.4 Å². The molecule has 2 aromatic heterocycles. The minimum absolute atomic E-state index is 0.238. The zero-order chi connectivity index (χ0) is 10.1. The zero-order valence-electron chi connectivity index (χ0n) is 7.56. The van der Waals surface area contributed by atoms with Crippen molar-refractivity contribution in [3.8, 4) is 11.4 Å². The number of aromatic amines is 1. The van der Waals surface area contributed by atoms with Crippen LogP contribution in [0.1, 0.15) is 0 Å². The molecule has 0 fully saturated rings. The molecule has 0 aromatic carbocycles. The summed E-state index contributed by atoms with van der Waals surface area (Å²) in [4.78, 5) is 10.8. The monoisotopic (exact) mass is 191 g/mol. The molecule has 0 atom stereocenters. The van der Waals surface area contributed by atoms with E-state index in [-0.39, 0.29) is 5.56 Å². The summed E-state index contributed by atoms with van der Waals surface area (Å²) >= 11 is 0. The molecule has 0 unspecified atom stereocenters. The number of nitrogens with two attached hydrogens (primary N) is 1. The fourth-order valence-corrected chi connectivity index (χ4v) is 1.09. The molecule has 0 radical (unpaired) electrons. The van der Waals surface area contributed by atoms with E-state index in [1.165, 1.54) is 6.07 Å². The molecule has 14 heavy (non-hydrogen) atoms. The SMILES string of the molecule is Cn1nc(-c2ccc(=O)[nH]n2)cc1N. The predicted molar refractivity (Wildman–Crippen MR) is 51.5 cm³/mol. The van der Waals surface area contributed by atoms with Crippen LogP contribution < -0.4 is 11.3 Å². The Morgan fingerprint density at radius 2 is 2.21 bits per heavy atom. The first-order valence-corrected chi connectivity index (χ1v) is 4.02. The second kappa shape index (κ2) is 2.99. The molecule has 0 aliphatic carbocycles. The van der Waals surface area contributed by atoms with Gasteiger partial charge in [-0.25, -0.2) is 5.10 Å². The van der Waals surface area contributed by atoms with E-state index >= 15 is 0 Å². The van der Waals surface area contributed by atoms with Gasteiger partial charge in [-0.3, -0.25) is 9.48 Å². The molecule has 72 valence electrons. The van der Waals surface area contributed by atoms with Crippen LogP contribution in [0, 0.1) is 0 Å². The van der Waals surface area contributed by atoms with E-state index in [2.05, 4.69) is 15.3 Å². The molecular weight excluding hydrogens is 182 g/mol. The summed E-state index contributed by atoms with van der Waals surface area (Å²) in [7, 11) is 1.74. The Balaban J connectivity index is 2.49. The molecule has 6 heteroatoms. The second-order valence-electron chi connectivity index (χ2n) is 2.88. The van der Waals surface area contributed by atoms with E-state index in [1.54, 1.807) is 23.9 Å². The number of H-pyrrole nitrogens is 1. The molecule has 0 amide bonds. The van der Waals surface area contributed by atoms with Crippen LogP contribution in [0.4, 0.5) is 5.82 Å². The number of nitrogens with one attached hydrogen (secondary N) is 1. The van der Waals surface area contributed by atoms with Gasteiger partial charge >= 0.3 is 0 Å². The molecule has 2 aromatic rings. The summed E-state index contributed by atoms with van der Waals surface area (Å²) in [6.45, 7) is 0. The first-order valence-electron chi connectivity index (χ1n) is 4.02. The summed E-state index contributed by atoms with van der Waals surface area (Å²) in [5.74, 6) is 0.549. The van der Waals surface area contributed by atoms with Crippen molar-refractivity contribution in [3.63, 3.8) is 0 Å². The molecule has 0 saturated carbocycles. The molecule has 0 bridgehead atoms. The number of rotatable bonds is 1. The highest BCUT2D eigenvalue weighted by molar-refractivity contribution is 5.57. The van der Waals surface area contributed by atoms with E-state index < -0.39 is 0 Å². The molecule has 0 aliphatic rings. The van der Waals surface area contributed by atoms with Crippen molar-refractivity contribution in [2.45, 2.75) is 0 Å². The topological polar surface area (TPSA) is 89.6 Å². The average molecular weight is 191 g/mol. The Morgan fingerprint density at radius 3 is 2.71 bits per heavy atom. The van der Waals surface area contributed by atoms with Crippen LogP contribution in [0.3, 0.4) is 0 Å². The fraction of sp³-hybridized carbons (Fsp3) is 0.125. The Hall–Kier alpha value is -2.11. The highest BCUT2D eigenvalue weighted by atomic mass is 16.1. The summed E-state index contributed by atoms with van der Waals surface area (Å²) in [6, 6.07) is 4.69. The maximum Gasteiger partial charge on any atom is 0.264 e. The van der Waals surface area contributed by atoms with Crippen molar-refractivity contribution >= 4 is 5.82 Å². The average Bonchev–Trinajstić information content (AvgIpc) is 2.48. The molecule has 0 aliphatic heterocycles. The Morgan fingerprint density at radius 1 is 1.43 bits per heavy atom. The van der Waals surface area contributed by atoms with Crippen LogP contribution in [0.5, 0.6) is 0 Å². The van der Waals surface area contributed by atoms with E-state index in [0.29, 0.717) is 17.2 Å². The molecule has 6 nitrogen and oxygen atoms in total. The Kier molecular flexibility index (Phi) is 1.81. The van der Waals surface area contributed by atoms with Gasteiger partial charge in [0.25, 0.3) is 5.56 Å². The maximum atomic E-state index is 10.8. The van der Waals surface area contributed by atoms with Crippen LogP contribution in [0.25, 0.3) is 11.4 Å². The summed E-state index contributed by atoms with van der Waals surface area (Å²) in [5, 5.41) is 10.3. The minimum Gasteiger partial charge on any atom is -0.384 e. The van der Waals surface area contributed by atoms with E-state index in [1.807, 2.05) is 0 Å². The molecule has 0 spiro atoms. The standard InChI is InChI=1S/C8H9N5O/c1-13-7(9)4-6(12-13)5-2-3-8(14)11-10-5/h2-4H,9H2,1H3,(H,11,14). The van der Waals surface area contributed by atoms with E-state index in [4.69, 9.17) is 5.73 Å². The third-order valence-corrected chi connectivity index (χ3v) is 1.86. The number of aryl methyl sites for hydroxylation is 1. The molecular formula is C8H9N5O. The number of hydrogen-bond acceptors (Lipinski definition) is 4. The van der Waals surface area contributed by atoms with Gasteiger partial charge in [0.05, 0.1) is 0 Å². The van der Waals surface area contributed by atoms with Crippen molar-refractivity contribution in [3.05, 3.63) is 28.6 Å². The van der Waals surface area contributed by atoms with Crippen LogP contribution in [-0.4, -0.2) is 20.0 Å². The van der Waals surface area contributed by atoms with Gasteiger partial charge in [-0.2, -0.15) is 10.2 Å². The van der Waals surface area contributed by atoms with Crippen molar-refractivity contribution in [2.24, 2.45) is 7.05 Å². The highest BCUT2D eigenvalue weighted by Crippen LogP contribution is 2.15. The van der Waals surface area contributed by atoms with Crippen molar-refractivity contribution < 1.29 is 0 Å². The third kappa shape index (κ3) is 1.37. The number of hydrogen-bond donors (Lipinski definition) is 2. The molecule has 2 rings (SSSR count). The van der Waals surface area contributed by atoms with Gasteiger partial charge in [-0.05, 0) is 6.07 Å². The first-order chi connectivity index (χ1) is 6.66. The predicted octanol–water partition coefficient (Wildman–Crippen LogP) is -0.247. The normalized spacial score (nSPS) is 10.4.